The van der Waals surface area contributed by atoms with Crippen LogP contribution in [0.3, 0.4) is 0 Å². The molecule has 0 aromatic heterocycles. The van der Waals surface area contributed by atoms with E-state index in [0.717, 1.165) is 19.3 Å². The number of hydrogen-bond donors (Lipinski definition) is 2. The molecule has 1 aliphatic heterocycles. The number of rotatable bonds is 6. The van der Waals surface area contributed by atoms with E-state index in [9.17, 15) is 9.90 Å². The average molecular weight is 286 g/mol. The molecule has 0 aliphatic carbocycles. The fourth-order valence-electron chi connectivity index (χ4n) is 3.40. The number of hydrogen-bond acceptors (Lipinski definition) is 3. The summed E-state index contributed by atoms with van der Waals surface area (Å²) < 4.78 is 5.30. The molecule has 20 heavy (non-hydrogen) atoms. The normalized spacial score (nSPS) is 21.6. The molecule has 0 bridgehead atoms. The molecule has 0 aromatic rings. The van der Waals surface area contributed by atoms with Gasteiger partial charge in [-0.3, -0.25) is 0 Å². The molecule has 0 unspecified atom stereocenters. The van der Waals surface area contributed by atoms with E-state index >= 15 is 0 Å². The highest BCUT2D eigenvalue weighted by atomic mass is 16.5. The SMILES string of the molecule is CCOCCCN(C(=O)O)C1CC(C)(C)NC(C)(C)C1. The van der Waals surface area contributed by atoms with Crippen LogP contribution in [-0.2, 0) is 4.74 Å². The Balaban J connectivity index is 2.68. The Morgan fingerprint density at radius 3 is 2.30 bits per heavy atom. The van der Waals surface area contributed by atoms with Gasteiger partial charge in [0.1, 0.15) is 0 Å². The summed E-state index contributed by atoms with van der Waals surface area (Å²) in [5.74, 6) is 0. The smallest absolute Gasteiger partial charge is 0.407 e. The third kappa shape index (κ3) is 5.29. The Morgan fingerprint density at radius 2 is 1.85 bits per heavy atom. The van der Waals surface area contributed by atoms with Crippen molar-refractivity contribution < 1.29 is 14.6 Å². The fourth-order valence-corrected chi connectivity index (χ4v) is 3.40. The highest BCUT2D eigenvalue weighted by Crippen LogP contribution is 2.31. The highest BCUT2D eigenvalue weighted by Gasteiger charge is 2.41. The van der Waals surface area contributed by atoms with Crippen LogP contribution in [0.25, 0.3) is 0 Å². The van der Waals surface area contributed by atoms with Crippen molar-refractivity contribution in [2.45, 2.75) is 71.0 Å². The van der Waals surface area contributed by atoms with E-state index in [0.29, 0.717) is 19.8 Å². The van der Waals surface area contributed by atoms with Gasteiger partial charge in [0.25, 0.3) is 0 Å². The Morgan fingerprint density at radius 1 is 1.30 bits per heavy atom. The van der Waals surface area contributed by atoms with Crippen LogP contribution in [-0.4, -0.2) is 53.0 Å². The number of carboxylic acid groups (broad SMARTS) is 1. The second-order valence-corrected chi connectivity index (χ2v) is 6.98. The molecule has 0 spiro atoms. The second-order valence-electron chi connectivity index (χ2n) is 6.98. The van der Waals surface area contributed by atoms with E-state index in [1.807, 2.05) is 6.92 Å². The summed E-state index contributed by atoms with van der Waals surface area (Å²) in [5.41, 5.74) is -0.0833. The zero-order valence-corrected chi connectivity index (χ0v) is 13.5. The van der Waals surface area contributed by atoms with Gasteiger partial charge in [-0.15, -0.1) is 0 Å². The molecule has 1 fully saturated rings. The maximum Gasteiger partial charge on any atom is 0.407 e. The van der Waals surface area contributed by atoms with Crippen molar-refractivity contribution in [2.75, 3.05) is 19.8 Å². The van der Waals surface area contributed by atoms with E-state index in [4.69, 9.17) is 4.74 Å². The third-order valence-corrected chi connectivity index (χ3v) is 3.75. The minimum Gasteiger partial charge on any atom is -0.465 e. The standard InChI is InChI=1S/C15H30N2O3/c1-6-20-9-7-8-17(13(18)19)12-10-14(2,3)16-15(4,5)11-12/h12,16H,6-11H2,1-5H3,(H,18,19). The Hall–Kier alpha value is -0.810. The largest absolute Gasteiger partial charge is 0.465 e. The van der Waals surface area contributed by atoms with Crippen molar-refractivity contribution in [3.05, 3.63) is 0 Å². The summed E-state index contributed by atoms with van der Waals surface area (Å²) >= 11 is 0. The van der Waals surface area contributed by atoms with Crippen LogP contribution in [0.15, 0.2) is 0 Å². The summed E-state index contributed by atoms with van der Waals surface area (Å²) in [5, 5.41) is 13.1. The zero-order valence-electron chi connectivity index (χ0n) is 13.5. The van der Waals surface area contributed by atoms with Gasteiger partial charge in [-0.25, -0.2) is 4.79 Å². The number of carbonyl (C=O) groups is 1. The van der Waals surface area contributed by atoms with Gasteiger partial charge in [0, 0.05) is 36.9 Å². The molecule has 1 amide bonds. The quantitative estimate of drug-likeness (QED) is 0.737. The Kier molecular flexibility index (Phi) is 5.83. The van der Waals surface area contributed by atoms with Crippen LogP contribution < -0.4 is 5.32 Å². The molecule has 5 nitrogen and oxygen atoms in total. The fraction of sp³-hybridized carbons (Fsp3) is 0.933. The molecule has 1 aliphatic rings. The van der Waals surface area contributed by atoms with Crippen molar-refractivity contribution in [1.82, 2.24) is 10.2 Å². The van der Waals surface area contributed by atoms with Crippen molar-refractivity contribution in [3.63, 3.8) is 0 Å². The van der Waals surface area contributed by atoms with Crippen molar-refractivity contribution >= 4 is 6.09 Å². The molecule has 0 saturated carbocycles. The lowest BCUT2D eigenvalue weighted by atomic mass is 9.79. The van der Waals surface area contributed by atoms with Gasteiger partial charge >= 0.3 is 6.09 Å². The van der Waals surface area contributed by atoms with E-state index < -0.39 is 6.09 Å². The summed E-state index contributed by atoms with van der Waals surface area (Å²) in [6, 6.07) is 0.0698. The number of nitrogens with zero attached hydrogens (tertiary/aromatic N) is 1. The zero-order chi connectivity index (χ0) is 15.4. The maximum atomic E-state index is 11.5. The number of piperidine rings is 1. The molecular weight excluding hydrogens is 256 g/mol. The van der Waals surface area contributed by atoms with Crippen molar-refractivity contribution in [2.24, 2.45) is 0 Å². The van der Waals surface area contributed by atoms with Gasteiger partial charge in [0.2, 0.25) is 0 Å². The van der Waals surface area contributed by atoms with Crippen LogP contribution in [0.5, 0.6) is 0 Å². The molecular formula is C15H30N2O3. The summed E-state index contributed by atoms with van der Waals surface area (Å²) in [6.07, 6.45) is 1.62. The van der Waals surface area contributed by atoms with E-state index in [2.05, 4.69) is 33.0 Å². The van der Waals surface area contributed by atoms with Gasteiger partial charge in [-0.05, 0) is 53.9 Å². The second kappa shape index (κ2) is 6.76. The lowest BCUT2D eigenvalue weighted by molar-refractivity contribution is 0.0556. The molecule has 0 aromatic carbocycles. The first-order chi connectivity index (χ1) is 9.17. The van der Waals surface area contributed by atoms with Crippen molar-refractivity contribution in [3.8, 4) is 0 Å². The predicted molar refractivity (Wildman–Crippen MR) is 80.2 cm³/mol. The minimum absolute atomic E-state index is 0.0416. The van der Waals surface area contributed by atoms with Crippen LogP contribution in [0.2, 0.25) is 0 Å². The summed E-state index contributed by atoms with van der Waals surface area (Å²) in [7, 11) is 0. The Labute approximate surface area is 122 Å². The van der Waals surface area contributed by atoms with Crippen LogP contribution in [0, 0.1) is 0 Å². The first-order valence-electron chi connectivity index (χ1n) is 7.53. The van der Waals surface area contributed by atoms with E-state index in [-0.39, 0.29) is 17.1 Å². The maximum absolute atomic E-state index is 11.5. The summed E-state index contributed by atoms with van der Waals surface area (Å²) in [6.45, 7) is 12.4. The Bertz CT molecular complexity index is 313. The predicted octanol–water partition coefficient (Wildman–Crippen LogP) is 2.70. The average Bonchev–Trinajstić information content (AvgIpc) is 2.23. The lowest BCUT2D eigenvalue weighted by Gasteiger charge is -2.49. The lowest BCUT2D eigenvalue weighted by Crippen LogP contribution is -2.62. The van der Waals surface area contributed by atoms with Gasteiger partial charge in [-0.1, -0.05) is 0 Å². The van der Waals surface area contributed by atoms with Crippen LogP contribution in [0.1, 0.15) is 53.9 Å². The number of amides is 1. The molecule has 1 heterocycles. The molecule has 2 N–H and O–H groups in total. The molecule has 1 rings (SSSR count). The topological polar surface area (TPSA) is 61.8 Å². The molecule has 118 valence electrons. The van der Waals surface area contributed by atoms with Crippen LogP contribution >= 0.6 is 0 Å². The molecule has 0 atom stereocenters. The van der Waals surface area contributed by atoms with Crippen molar-refractivity contribution in [1.29, 1.82) is 0 Å². The van der Waals surface area contributed by atoms with Crippen LogP contribution in [0.4, 0.5) is 4.79 Å². The molecule has 5 heteroatoms. The molecule has 1 saturated heterocycles. The van der Waals surface area contributed by atoms with Gasteiger partial charge in [0.05, 0.1) is 0 Å². The van der Waals surface area contributed by atoms with Gasteiger partial charge < -0.3 is 20.1 Å². The minimum atomic E-state index is -0.819. The highest BCUT2D eigenvalue weighted by molar-refractivity contribution is 5.65. The number of nitrogens with one attached hydrogen (secondary N) is 1. The van der Waals surface area contributed by atoms with Gasteiger partial charge in [0.15, 0.2) is 0 Å². The number of ether oxygens (including phenoxy) is 1. The summed E-state index contributed by atoms with van der Waals surface area (Å²) in [4.78, 5) is 13.1. The first kappa shape index (κ1) is 17.2. The molecule has 0 radical (unpaired) electrons. The van der Waals surface area contributed by atoms with E-state index in [1.54, 1.807) is 4.90 Å². The van der Waals surface area contributed by atoms with E-state index in [1.165, 1.54) is 0 Å². The monoisotopic (exact) mass is 286 g/mol. The third-order valence-electron chi connectivity index (χ3n) is 3.75. The first-order valence-corrected chi connectivity index (χ1v) is 7.53. The van der Waals surface area contributed by atoms with Gasteiger partial charge in [-0.2, -0.15) is 0 Å².